The number of nitrogens with one attached hydrogen (secondary N) is 1. The largest absolute Gasteiger partial charge is 0.378 e. The highest BCUT2D eigenvalue weighted by molar-refractivity contribution is 8.15. The van der Waals surface area contributed by atoms with Gasteiger partial charge in [0.1, 0.15) is 5.25 Å². The van der Waals surface area contributed by atoms with Crippen molar-refractivity contribution >= 4 is 46.2 Å². The zero-order valence-corrected chi connectivity index (χ0v) is 11.9. The fourth-order valence-corrected chi connectivity index (χ4v) is 2.90. The van der Waals surface area contributed by atoms with Crippen molar-refractivity contribution in [3.05, 3.63) is 24.3 Å². The first kappa shape index (κ1) is 14.0. The van der Waals surface area contributed by atoms with Crippen LogP contribution in [-0.4, -0.2) is 28.5 Å². The first-order valence-electron chi connectivity index (χ1n) is 5.57. The number of nitrogens with two attached hydrogens (primary N) is 1. The van der Waals surface area contributed by atoms with Crippen molar-refractivity contribution in [3.8, 4) is 0 Å². The number of hydrogen-bond acceptors (Lipinski definition) is 5. The van der Waals surface area contributed by atoms with E-state index < -0.39 is 5.25 Å². The Morgan fingerprint density at radius 3 is 3.00 bits per heavy atom. The van der Waals surface area contributed by atoms with Gasteiger partial charge in [0, 0.05) is 17.0 Å². The fourth-order valence-electron chi connectivity index (χ4n) is 1.61. The van der Waals surface area contributed by atoms with Crippen molar-refractivity contribution in [1.29, 1.82) is 0 Å². The van der Waals surface area contributed by atoms with Gasteiger partial charge in [-0.15, -0.1) is 11.8 Å². The van der Waals surface area contributed by atoms with E-state index >= 15 is 0 Å². The molecule has 1 heterocycles. The Morgan fingerprint density at radius 1 is 1.58 bits per heavy atom. The maximum atomic E-state index is 11.8. The number of hydrogen-bond donors (Lipinski definition) is 2. The maximum Gasteiger partial charge on any atom is 0.262 e. The molecule has 2 amide bonds. The third-order valence-electron chi connectivity index (χ3n) is 2.48. The second kappa shape index (κ2) is 6.12. The predicted octanol–water partition coefficient (Wildman–Crippen LogP) is 1.69. The molecule has 0 bridgehead atoms. The molecule has 0 aliphatic carbocycles. The first-order chi connectivity index (χ1) is 9.08. The summed E-state index contributed by atoms with van der Waals surface area (Å²) < 4.78 is 0. The minimum Gasteiger partial charge on any atom is -0.378 e. The standard InChI is InChI=1S/C12H13N3O2S2/c1-18-8-4-2-3-7(5-8)14-10(16)6-9-11(17)15-12(13)19-9/h2-5,9H,6H2,1H3,(H,14,16)(H2,13,15,17)/t9-/m1/s1. The molecule has 0 fully saturated rings. The Bertz CT molecular complexity index is 546. The van der Waals surface area contributed by atoms with Crippen molar-refractivity contribution in [3.63, 3.8) is 0 Å². The Labute approximate surface area is 119 Å². The lowest BCUT2D eigenvalue weighted by Crippen LogP contribution is -2.21. The summed E-state index contributed by atoms with van der Waals surface area (Å²) in [7, 11) is 0. The molecule has 0 radical (unpaired) electrons. The number of carbonyl (C=O) groups excluding carboxylic acids is 2. The van der Waals surface area contributed by atoms with E-state index in [4.69, 9.17) is 5.73 Å². The molecule has 19 heavy (non-hydrogen) atoms. The van der Waals surface area contributed by atoms with Gasteiger partial charge in [0.15, 0.2) is 5.17 Å². The monoisotopic (exact) mass is 295 g/mol. The summed E-state index contributed by atoms with van der Waals surface area (Å²) in [6.07, 6.45) is 2.05. The first-order valence-corrected chi connectivity index (χ1v) is 7.67. The Hall–Kier alpha value is -1.47. The molecule has 100 valence electrons. The van der Waals surface area contributed by atoms with Crippen molar-refractivity contribution < 1.29 is 9.59 Å². The van der Waals surface area contributed by atoms with Crippen LogP contribution in [0.1, 0.15) is 6.42 Å². The smallest absolute Gasteiger partial charge is 0.262 e. The molecule has 3 N–H and O–H groups in total. The van der Waals surface area contributed by atoms with Gasteiger partial charge in [-0.05, 0) is 24.5 Å². The number of benzene rings is 1. The summed E-state index contributed by atoms with van der Waals surface area (Å²) in [5.74, 6) is -0.551. The molecule has 1 aromatic rings. The third-order valence-corrected chi connectivity index (χ3v) is 4.19. The third kappa shape index (κ3) is 3.74. The maximum absolute atomic E-state index is 11.8. The summed E-state index contributed by atoms with van der Waals surface area (Å²) in [5, 5.41) is 2.50. The normalized spacial score (nSPS) is 18.3. The molecule has 0 spiro atoms. The van der Waals surface area contributed by atoms with Crippen LogP contribution < -0.4 is 11.1 Å². The number of rotatable bonds is 4. The highest BCUT2D eigenvalue weighted by Gasteiger charge is 2.29. The van der Waals surface area contributed by atoms with Gasteiger partial charge in [-0.2, -0.15) is 4.99 Å². The van der Waals surface area contributed by atoms with Crippen LogP contribution in [0.3, 0.4) is 0 Å². The number of amides is 2. The van der Waals surface area contributed by atoms with Crippen molar-refractivity contribution in [2.45, 2.75) is 16.6 Å². The van der Waals surface area contributed by atoms with E-state index in [1.165, 1.54) is 0 Å². The van der Waals surface area contributed by atoms with E-state index in [1.54, 1.807) is 11.8 Å². The second-order valence-electron chi connectivity index (χ2n) is 3.88. The van der Waals surface area contributed by atoms with Gasteiger partial charge >= 0.3 is 0 Å². The van der Waals surface area contributed by atoms with Crippen LogP contribution >= 0.6 is 23.5 Å². The lowest BCUT2D eigenvalue weighted by atomic mass is 10.2. The van der Waals surface area contributed by atoms with Crippen LogP contribution in [0.5, 0.6) is 0 Å². The average molecular weight is 295 g/mol. The number of carbonyl (C=O) groups is 2. The Kier molecular flexibility index (Phi) is 4.49. The van der Waals surface area contributed by atoms with E-state index in [2.05, 4.69) is 10.3 Å². The molecular formula is C12H13N3O2S2. The van der Waals surface area contributed by atoms with Gasteiger partial charge in [-0.3, -0.25) is 9.59 Å². The zero-order valence-electron chi connectivity index (χ0n) is 10.3. The minimum absolute atomic E-state index is 0.0806. The number of nitrogens with zero attached hydrogens (tertiary/aromatic N) is 1. The molecule has 0 saturated heterocycles. The second-order valence-corrected chi connectivity index (χ2v) is 5.98. The summed E-state index contributed by atoms with van der Waals surface area (Å²) in [4.78, 5) is 27.9. The zero-order chi connectivity index (χ0) is 13.8. The van der Waals surface area contributed by atoms with Gasteiger partial charge < -0.3 is 11.1 Å². The van der Waals surface area contributed by atoms with E-state index in [0.29, 0.717) is 0 Å². The number of amidine groups is 1. The van der Waals surface area contributed by atoms with Crippen LogP contribution in [0.4, 0.5) is 5.69 Å². The molecule has 1 aromatic carbocycles. The topological polar surface area (TPSA) is 84.6 Å². The predicted molar refractivity (Wildman–Crippen MR) is 79.5 cm³/mol. The summed E-state index contributed by atoms with van der Waals surface area (Å²) in [6, 6.07) is 7.53. The van der Waals surface area contributed by atoms with Crippen LogP contribution in [0.2, 0.25) is 0 Å². The molecular weight excluding hydrogens is 282 g/mol. The Morgan fingerprint density at radius 2 is 2.37 bits per heavy atom. The molecule has 7 heteroatoms. The lowest BCUT2D eigenvalue weighted by Gasteiger charge is -2.08. The van der Waals surface area contributed by atoms with Gasteiger partial charge in [0.05, 0.1) is 0 Å². The van der Waals surface area contributed by atoms with Crippen molar-refractivity contribution in [2.75, 3.05) is 11.6 Å². The fraction of sp³-hybridized carbons (Fsp3) is 0.250. The van der Waals surface area contributed by atoms with E-state index in [9.17, 15) is 9.59 Å². The van der Waals surface area contributed by atoms with Crippen LogP contribution in [-0.2, 0) is 9.59 Å². The van der Waals surface area contributed by atoms with Gasteiger partial charge in [-0.1, -0.05) is 17.8 Å². The Balaban J connectivity index is 1.93. The summed E-state index contributed by atoms with van der Waals surface area (Å²) in [5.41, 5.74) is 6.16. The molecule has 1 aliphatic rings. The number of thioether (sulfide) groups is 2. The molecule has 0 saturated carbocycles. The van der Waals surface area contributed by atoms with Gasteiger partial charge in [-0.25, -0.2) is 0 Å². The van der Waals surface area contributed by atoms with Crippen molar-refractivity contribution in [2.24, 2.45) is 10.7 Å². The van der Waals surface area contributed by atoms with Crippen LogP contribution in [0, 0.1) is 0 Å². The van der Waals surface area contributed by atoms with Crippen LogP contribution in [0.25, 0.3) is 0 Å². The molecule has 5 nitrogen and oxygen atoms in total. The highest BCUT2D eigenvalue weighted by atomic mass is 32.2. The molecule has 1 atom stereocenters. The van der Waals surface area contributed by atoms with E-state index in [0.717, 1.165) is 22.3 Å². The molecule has 0 aromatic heterocycles. The lowest BCUT2D eigenvalue weighted by molar-refractivity contribution is -0.121. The van der Waals surface area contributed by atoms with Crippen LogP contribution in [0.15, 0.2) is 34.2 Å². The van der Waals surface area contributed by atoms with E-state index in [-0.39, 0.29) is 23.4 Å². The molecule has 0 unspecified atom stereocenters. The molecule has 2 rings (SSSR count). The van der Waals surface area contributed by atoms with Crippen molar-refractivity contribution in [1.82, 2.24) is 0 Å². The summed E-state index contributed by atoms with van der Waals surface area (Å²) in [6.45, 7) is 0. The number of aliphatic imine (C=N–C) groups is 1. The molecule has 1 aliphatic heterocycles. The summed E-state index contributed by atoms with van der Waals surface area (Å²) >= 11 is 2.73. The quantitative estimate of drug-likeness (QED) is 0.826. The van der Waals surface area contributed by atoms with Gasteiger partial charge in [0.2, 0.25) is 5.91 Å². The van der Waals surface area contributed by atoms with Gasteiger partial charge in [0.25, 0.3) is 5.91 Å². The number of anilines is 1. The SMILES string of the molecule is CSc1cccc(NC(=O)C[C@H]2SC(N)=NC2=O)c1. The van der Waals surface area contributed by atoms with E-state index in [1.807, 2.05) is 30.5 Å². The highest BCUT2D eigenvalue weighted by Crippen LogP contribution is 2.24. The average Bonchev–Trinajstić information content (AvgIpc) is 2.68. The minimum atomic E-state index is -0.497.